The minimum atomic E-state index is -0.510. The molecule has 1 aromatic heterocycles. The van der Waals surface area contributed by atoms with Crippen LogP contribution in [-0.2, 0) is 0 Å². The van der Waals surface area contributed by atoms with Gasteiger partial charge in [-0.15, -0.1) is 10.2 Å². The predicted molar refractivity (Wildman–Crippen MR) is 99.1 cm³/mol. The summed E-state index contributed by atoms with van der Waals surface area (Å²) in [6.07, 6.45) is 0. The van der Waals surface area contributed by atoms with Crippen LogP contribution in [0.15, 0.2) is 58.2 Å². The van der Waals surface area contributed by atoms with Crippen LogP contribution in [0.25, 0.3) is 11.5 Å². The maximum atomic E-state index is 12.2. The molecule has 0 radical (unpaired) electrons. The van der Waals surface area contributed by atoms with E-state index in [4.69, 9.17) is 9.15 Å². The van der Waals surface area contributed by atoms with Gasteiger partial charge in [0.1, 0.15) is 5.75 Å². The van der Waals surface area contributed by atoms with Crippen molar-refractivity contribution in [2.24, 2.45) is 0 Å². The molecule has 9 heteroatoms. The molecule has 0 saturated heterocycles. The second-order valence-electron chi connectivity index (χ2n) is 5.35. The molecule has 8 nitrogen and oxygen atoms in total. The summed E-state index contributed by atoms with van der Waals surface area (Å²) < 4.78 is 10.9. The van der Waals surface area contributed by atoms with Gasteiger partial charge in [-0.05, 0) is 43.3 Å². The molecule has 1 heterocycles. The normalized spacial score (nSPS) is 10.6. The molecule has 0 saturated carbocycles. The van der Waals surface area contributed by atoms with Gasteiger partial charge >= 0.3 is 0 Å². The third-order valence-electron chi connectivity index (χ3n) is 3.55. The van der Waals surface area contributed by atoms with Gasteiger partial charge in [0, 0.05) is 23.3 Å². The zero-order chi connectivity index (χ0) is 19.2. The Balaban J connectivity index is 1.60. The average molecular weight is 385 g/mol. The second kappa shape index (κ2) is 8.45. The van der Waals surface area contributed by atoms with E-state index in [9.17, 15) is 14.9 Å². The summed E-state index contributed by atoms with van der Waals surface area (Å²) in [4.78, 5) is 22.3. The fourth-order valence-electron chi connectivity index (χ4n) is 2.22. The van der Waals surface area contributed by atoms with Gasteiger partial charge in [-0.1, -0.05) is 11.8 Å². The molecular formula is C18H15N3O5S. The summed E-state index contributed by atoms with van der Waals surface area (Å²) in [6, 6.07) is 12.7. The summed E-state index contributed by atoms with van der Waals surface area (Å²) in [5.74, 6) is 1.01. The Hall–Kier alpha value is -3.20. The Kier molecular flexibility index (Phi) is 5.82. The lowest BCUT2D eigenvalue weighted by Gasteiger charge is -2.02. The summed E-state index contributed by atoms with van der Waals surface area (Å²) in [5, 5.41) is 18.8. The first-order valence-electron chi connectivity index (χ1n) is 8.04. The Morgan fingerprint density at radius 3 is 2.48 bits per heavy atom. The number of Topliss-reactive ketones (excluding diaryl/α,β-unsaturated/α-hetero) is 1. The maximum Gasteiger partial charge on any atom is 0.277 e. The van der Waals surface area contributed by atoms with Gasteiger partial charge in [0.2, 0.25) is 5.89 Å². The van der Waals surface area contributed by atoms with E-state index in [0.29, 0.717) is 18.1 Å². The topological polar surface area (TPSA) is 108 Å². The highest BCUT2D eigenvalue weighted by Gasteiger charge is 2.14. The van der Waals surface area contributed by atoms with E-state index in [1.54, 1.807) is 0 Å². The van der Waals surface area contributed by atoms with E-state index < -0.39 is 4.92 Å². The van der Waals surface area contributed by atoms with E-state index in [1.807, 2.05) is 31.2 Å². The number of rotatable bonds is 8. The molecule has 2 aromatic carbocycles. The molecule has 0 atom stereocenters. The highest BCUT2D eigenvalue weighted by Crippen LogP contribution is 2.25. The quantitative estimate of drug-likeness (QED) is 0.248. The summed E-state index contributed by atoms with van der Waals surface area (Å²) in [7, 11) is 0. The Morgan fingerprint density at radius 1 is 1.15 bits per heavy atom. The van der Waals surface area contributed by atoms with Crippen LogP contribution >= 0.6 is 11.8 Å². The number of ketones is 1. The Labute approximate surface area is 158 Å². The molecule has 3 rings (SSSR count). The molecule has 0 unspecified atom stereocenters. The maximum absolute atomic E-state index is 12.2. The van der Waals surface area contributed by atoms with Crippen molar-refractivity contribution in [3.05, 3.63) is 64.2 Å². The number of benzene rings is 2. The fraction of sp³-hybridized carbons (Fsp3) is 0.167. The van der Waals surface area contributed by atoms with Gasteiger partial charge in [0.25, 0.3) is 10.9 Å². The summed E-state index contributed by atoms with van der Waals surface area (Å²) in [5.41, 5.74) is 1.08. The van der Waals surface area contributed by atoms with Crippen molar-refractivity contribution in [2.75, 3.05) is 12.4 Å². The zero-order valence-electron chi connectivity index (χ0n) is 14.3. The van der Waals surface area contributed by atoms with Crippen molar-refractivity contribution < 1.29 is 18.9 Å². The van der Waals surface area contributed by atoms with E-state index >= 15 is 0 Å². The van der Waals surface area contributed by atoms with E-state index in [1.165, 1.54) is 24.3 Å². The third kappa shape index (κ3) is 4.70. The second-order valence-corrected chi connectivity index (χ2v) is 6.27. The van der Waals surface area contributed by atoms with Crippen LogP contribution in [-0.4, -0.2) is 33.3 Å². The number of hydrogen-bond donors (Lipinski definition) is 0. The van der Waals surface area contributed by atoms with Gasteiger partial charge < -0.3 is 9.15 Å². The standard InChI is InChI=1S/C18H15N3O5S/c1-2-25-15-9-5-13(6-10-15)17-19-20-18(26-17)27-11-16(22)12-3-7-14(8-4-12)21(23)24/h3-10H,2,11H2,1H3. The lowest BCUT2D eigenvalue weighted by molar-refractivity contribution is -0.384. The number of ether oxygens (including phenoxy) is 1. The van der Waals surface area contributed by atoms with Crippen molar-refractivity contribution >= 4 is 23.2 Å². The molecule has 27 heavy (non-hydrogen) atoms. The van der Waals surface area contributed by atoms with Crippen molar-refractivity contribution in [3.8, 4) is 17.2 Å². The largest absolute Gasteiger partial charge is 0.494 e. The first kappa shape index (κ1) is 18.6. The molecule has 0 amide bonds. The third-order valence-corrected chi connectivity index (χ3v) is 4.36. The monoisotopic (exact) mass is 385 g/mol. The number of carbonyl (C=O) groups is 1. The number of non-ortho nitro benzene ring substituents is 1. The van der Waals surface area contributed by atoms with Crippen molar-refractivity contribution in [1.82, 2.24) is 10.2 Å². The Bertz CT molecular complexity index is 938. The molecule has 3 aromatic rings. The highest BCUT2D eigenvalue weighted by molar-refractivity contribution is 7.99. The molecule has 0 fully saturated rings. The van der Waals surface area contributed by atoms with Crippen LogP contribution in [0.1, 0.15) is 17.3 Å². The van der Waals surface area contributed by atoms with Crippen molar-refractivity contribution in [2.45, 2.75) is 12.1 Å². The van der Waals surface area contributed by atoms with Crippen LogP contribution in [0.3, 0.4) is 0 Å². The molecule has 0 aliphatic rings. The highest BCUT2D eigenvalue weighted by atomic mass is 32.2. The minimum absolute atomic E-state index is 0.0592. The number of nitrogens with zero attached hydrogens (tertiary/aromatic N) is 3. The molecule has 0 spiro atoms. The molecule has 0 aliphatic heterocycles. The van der Waals surface area contributed by atoms with Crippen molar-refractivity contribution in [1.29, 1.82) is 0 Å². The van der Waals surface area contributed by atoms with Gasteiger partial charge in [-0.25, -0.2) is 0 Å². The lowest BCUT2D eigenvalue weighted by Crippen LogP contribution is -2.02. The lowest BCUT2D eigenvalue weighted by atomic mass is 10.1. The van der Waals surface area contributed by atoms with Gasteiger partial charge in [0.15, 0.2) is 5.78 Å². The zero-order valence-corrected chi connectivity index (χ0v) is 15.1. The number of nitro benzene ring substituents is 1. The minimum Gasteiger partial charge on any atom is -0.494 e. The van der Waals surface area contributed by atoms with Crippen LogP contribution in [0.4, 0.5) is 5.69 Å². The molecule has 138 valence electrons. The number of carbonyl (C=O) groups excluding carboxylic acids is 1. The van der Waals surface area contributed by atoms with E-state index in [0.717, 1.165) is 23.1 Å². The SMILES string of the molecule is CCOc1ccc(-c2nnc(SCC(=O)c3ccc([N+](=O)[O-])cc3)o2)cc1. The van der Waals surface area contributed by atoms with Crippen LogP contribution in [0.5, 0.6) is 5.75 Å². The number of thioether (sulfide) groups is 1. The number of hydrogen-bond acceptors (Lipinski definition) is 8. The van der Waals surface area contributed by atoms with Crippen molar-refractivity contribution in [3.63, 3.8) is 0 Å². The van der Waals surface area contributed by atoms with Crippen LogP contribution < -0.4 is 4.74 Å². The van der Waals surface area contributed by atoms with E-state index in [2.05, 4.69) is 10.2 Å². The molecule has 0 aliphatic carbocycles. The molecule has 0 bridgehead atoms. The van der Waals surface area contributed by atoms with Gasteiger partial charge in [0.05, 0.1) is 17.3 Å². The van der Waals surface area contributed by atoms with Crippen LogP contribution in [0.2, 0.25) is 0 Å². The van der Waals surface area contributed by atoms with Gasteiger partial charge in [-0.2, -0.15) is 0 Å². The first-order chi connectivity index (χ1) is 13.1. The average Bonchev–Trinajstić information content (AvgIpc) is 3.16. The summed E-state index contributed by atoms with van der Waals surface area (Å²) in [6.45, 7) is 2.50. The summed E-state index contributed by atoms with van der Waals surface area (Å²) >= 11 is 1.11. The van der Waals surface area contributed by atoms with Gasteiger partial charge in [-0.3, -0.25) is 14.9 Å². The van der Waals surface area contributed by atoms with E-state index in [-0.39, 0.29) is 22.4 Å². The number of aromatic nitrogens is 2. The molecule has 0 N–H and O–H groups in total. The fourth-order valence-corrected chi connectivity index (χ4v) is 2.88. The Morgan fingerprint density at radius 2 is 1.85 bits per heavy atom. The predicted octanol–water partition coefficient (Wildman–Crippen LogP) is 4.02. The first-order valence-corrected chi connectivity index (χ1v) is 9.02. The molecular weight excluding hydrogens is 370 g/mol. The van der Waals surface area contributed by atoms with Crippen LogP contribution in [0, 0.1) is 10.1 Å². The smallest absolute Gasteiger partial charge is 0.277 e. The number of nitro groups is 1.